The molecule has 1 saturated heterocycles. The van der Waals surface area contributed by atoms with Gasteiger partial charge in [-0.15, -0.1) is 0 Å². The summed E-state index contributed by atoms with van der Waals surface area (Å²) in [5, 5.41) is 20.5. The molecule has 1 unspecified atom stereocenters. The number of piperazine rings is 1. The summed E-state index contributed by atoms with van der Waals surface area (Å²) in [5.41, 5.74) is 0.763. The molecule has 1 atom stereocenters. The second-order valence-corrected chi connectivity index (χ2v) is 4.79. The Morgan fingerprint density at radius 1 is 1.57 bits per heavy atom. The maximum Gasteiger partial charge on any atom is 0.305 e. The first-order valence-electron chi connectivity index (χ1n) is 6.43. The number of hydrogen-bond donors (Lipinski definition) is 2. The van der Waals surface area contributed by atoms with E-state index in [0.717, 1.165) is 0 Å². The van der Waals surface area contributed by atoms with Crippen LogP contribution in [0.15, 0.2) is 18.2 Å². The van der Waals surface area contributed by atoms with E-state index in [1.165, 1.54) is 18.2 Å². The minimum atomic E-state index is -1.08. The van der Waals surface area contributed by atoms with Crippen LogP contribution in [0.3, 0.4) is 0 Å². The van der Waals surface area contributed by atoms with Gasteiger partial charge >= 0.3 is 5.97 Å². The van der Waals surface area contributed by atoms with Gasteiger partial charge in [-0.3, -0.25) is 14.5 Å². The van der Waals surface area contributed by atoms with Crippen molar-refractivity contribution >= 4 is 11.9 Å². The lowest BCUT2D eigenvalue weighted by atomic mass is 10.0. The Kier molecular flexibility index (Phi) is 4.50. The molecule has 1 aliphatic heterocycles. The molecule has 1 amide bonds. The molecule has 0 radical (unpaired) electrons. The third-order valence-electron chi connectivity index (χ3n) is 3.37. The van der Waals surface area contributed by atoms with Gasteiger partial charge in [0.15, 0.2) is 0 Å². The van der Waals surface area contributed by atoms with Crippen LogP contribution in [-0.4, -0.2) is 41.0 Å². The SMILES string of the molecule is N#Cc1ccc(F)cc1CN1CCNC(=O)C1CC(=O)O. The van der Waals surface area contributed by atoms with Crippen LogP contribution >= 0.6 is 0 Å². The van der Waals surface area contributed by atoms with E-state index in [2.05, 4.69) is 5.32 Å². The molecule has 2 N–H and O–H groups in total. The topological polar surface area (TPSA) is 93.4 Å². The van der Waals surface area contributed by atoms with Crippen LogP contribution in [0, 0.1) is 17.1 Å². The number of nitrogens with one attached hydrogen (secondary N) is 1. The normalized spacial score (nSPS) is 18.9. The van der Waals surface area contributed by atoms with Gasteiger partial charge in [-0.25, -0.2) is 4.39 Å². The number of nitrogens with zero attached hydrogens (tertiary/aromatic N) is 2. The fourth-order valence-corrected chi connectivity index (χ4v) is 2.36. The molecule has 1 aromatic carbocycles. The van der Waals surface area contributed by atoms with E-state index in [-0.39, 0.29) is 18.9 Å². The highest BCUT2D eigenvalue weighted by Gasteiger charge is 2.31. The Morgan fingerprint density at radius 3 is 3.00 bits per heavy atom. The lowest BCUT2D eigenvalue weighted by Gasteiger charge is -2.34. The number of nitriles is 1. The van der Waals surface area contributed by atoms with Crippen LogP contribution in [-0.2, 0) is 16.1 Å². The zero-order valence-electron chi connectivity index (χ0n) is 11.2. The van der Waals surface area contributed by atoms with E-state index in [9.17, 15) is 14.0 Å². The van der Waals surface area contributed by atoms with Crippen LogP contribution in [0.2, 0.25) is 0 Å². The lowest BCUT2D eigenvalue weighted by molar-refractivity contribution is -0.143. The Labute approximate surface area is 120 Å². The molecule has 6 nitrogen and oxygen atoms in total. The van der Waals surface area contributed by atoms with Crippen molar-refractivity contribution in [3.63, 3.8) is 0 Å². The van der Waals surface area contributed by atoms with Crippen molar-refractivity contribution in [3.05, 3.63) is 35.1 Å². The number of carbonyl (C=O) groups excluding carboxylic acids is 1. The fourth-order valence-electron chi connectivity index (χ4n) is 2.36. The van der Waals surface area contributed by atoms with Crippen LogP contribution in [0.25, 0.3) is 0 Å². The number of rotatable bonds is 4. The van der Waals surface area contributed by atoms with Crippen LogP contribution < -0.4 is 5.32 Å². The minimum Gasteiger partial charge on any atom is -0.481 e. The number of halogens is 1. The number of amides is 1. The van der Waals surface area contributed by atoms with E-state index in [4.69, 9.17) is 10.4 Å². The standard InChI is InChI=1S/C14H14FN3O3/c15-11-2-1-9(7-16)10(5-11)8-18-4-3-17-14(21)12(18)6-13(19)20/h1-2,5,12H,3-4,6,8H2,(H,17,21)(H,19,20). The van der Waals surface area contributed by atoms with Gasteiger partial charge in [0.2, 0.25) is 5.91 Å². The first kappa shape index (κ1) is 14.9. The Morgan fingerprint density at radius 2 is 2.33 bits per heavy atom. The maximum absolute atomic E-state index is 13.3. The van der Waals surface area contributed by atoms with E-state index in [1.54, 1.807) is 4.90 Å². The molecule has 1 aromatic rings. The van der Waals surface area contributed by atoms with Gasteiger partial charge in [0.25, 0.3) is 0 Å². The average Bonchev–Trinajstić information content (AvgIpc) is 2.42. The van der Waals surface area contributed by atoms with Crippen molar-refractivity contribution in [1.82, 2.24) is 10.2 Å². The molecule has 1 fully saturated rings. The highest BCUT2D eigenvalue weighted by Crippen LogP contribution is 2.17. The fraction of sp³-hybridized carbons (Fsp3) is 0.357. The van der Waals surface area contributed by atoms with Crippen molar-refractivity contribution < 1.29 is 19.1 Å². The summed E-state index contributed by atoms with van der Waals surface area (Å²) >= 11 is 0. The number of aliphatic carboxylic acids is 1. The zero-order chi connectivity index (χ0) is 15.4. The van der Waals surface area contributed by atoms with E-state index in [1.807, 2.05) is 6.07 Å². The van der Waals surface area contributed by atoms with Crippen molar-refractivity contribution in [2.45, 2.75) is 19.0 Å². The molecule has 0 spiro atoms. The molecular formula is C14H14FN3O3. The lowest BCUT2D eigenvalue weighted by Crippen LogP contribution is -2.55. The van der Waals surface area contributed by atoms with Gasteiger partial charge < -0.3 is 10.4 Å². The zero-order valence-corrected chi connectivity index (χ0v) is 11.2. The van der Waals surface area contributed by atoms with Crippen molar-refractivity contribution in [2.24, 2.45) is 0 Å². The first-order chi connectivity index (χ1) is 10.0. The Hall–Kier alpha value is -2.46. The molecule has 1 aliphatic rings. The average molecular weight is 291 g/mol. The second kappa shape index (κ2) is 6.33. The number of carboxylic acids is 1. The second-order valence-electron chi connectivity index (χ2n) is 4.79. The van der Waals surface area contributed by atoms with E-state index >= 15 is 0 Å². The molecule has 1 heterocycles. The van der Waals surface area contributed by atoms with Gasteiger partial charge in [-0.05, 0) is 23.8 Å². The van der Waals surface area contributed by atoms with Gasteiger partial charge in [0.05, 0.1) is 18.1 Å². The molecule has 0 saturated carbocycles. The molecule has 0 aromatic heterocycles. The monoisotopic (exact) mass is 291 g/mol. The highest BCUT2D eigenvalue weighted by molar-refractivity contribution is 5.86. The highest BCUT2D eigenvalue weighted by atomic mass is 19.1. The number of carbonyl (C=O) groups is 2. The van der Waals surface area contributed by atoms with Crippen LogP contribution in [0.1, 0.15) is 17.5 Å². The molecule has 2 rings (SSSR count). The molecular weight excluding hydrogens is 277 g/mol. The predicted octanol–water partition coefficient (Wildman–Crippen LogP) is 0.472. The Bertz CT molecular complexity index is 612. The third-order valence-corrected chi connectivity index (χ3v) is 3.37. The van der Waals surface area contributed by atoms with Crippen LogP contribution in [0.5, 0.6) is 0 Å². The minimum absolute atomic E-state index is 0.159. The summed E-state index contributed by atoms with van der Waals surface area (Å²) in [6.07, 6.45) is -0.330. The quantitative estimate of drug-likeness (QED) is 0.841. The summed E-state index contributed by atoms with van der Waals surface area (Å²) in [6.45, 7) is 1.00. The molecule has 7 heteroatoms. The maximum atomic E-state index is 13.3. The number of hydrogen-bond acceptors (Lipinski definition) is 4. The van der Waals surface area contributed by atoms with Gasteiger partial charge in [0, 0.05) is 19.6 Å². The summed E-state index contributed by atoms with van der Waals surface area (Å²) in [7, 11) is 0. The van der Waals surface area contributed by atoms with Gasteiger partial charge in [0.1, 0.15) is 11.9 Å². The van der Waals surface area contributed by atoms with Crippen LogP contribution in [0.4, 0.5) is 4.39 Å². The molecule has 0 aliphatic carbocycles. The predicted molar refractivity (Wildman–Crippen MR) is 70.6 cm³/mol. The van der Waals surface area contributed by atoms with Crippen molar-refractivity contribution in [2.75, 3.05) is 13.1 Å². The number of benzene rings is 1. The smallest absolute Gasteiger partial charge is 0.305 e. The third kappa shape index (κ3) is 3.55. The van der Waals surface area contributed by atoms with Crippen molar-refractivity contribution in [3.8, 4) is 6.07 Å². The molecule has 0 bridgehead atoms. The van der Waals surface area contributed by atoms with E-state index < -0.39 is 17.8 Å². The van der Waals surface area contributed by atoms with Gasteiger partial charge in [-0.1, -0.05) is 0 Å². The molecule has 21 heavy (non-hydrogen) atoms. The van der Waals surface area contributed by atoms with Crippen molar-refractivity contribution in [1.29, 1.82) is 5.26 Å². The summed E-state index contributed by atoms with van der Waals surface area (Å²) < 4.78 is 13.3. The first-order valence-corrected chi connectivity index (χ1v) is 6.43. The number of carboxylic acid groups (broad SMARTS) is 1. The van der Waals surface area contributed by atoms with E-state index in [0.29, 0.717) is 24.2 Å². The summed E-state index contributed by atoms with van der Waals surface area (Å²) in [4.78, 5) is 24.3. The Balaban J connectivity index is 2.23. The molecule has 110 valence electrons. The summed E-state index contributed by atoms with van der Waals surface area (Å²) in [5.74, 6) is -1.92. The largest absolute Gasteiger partial charge is 0.481 e. The summed E-state index contributed by atoms with van der Waals surface area (Å²) in [6, 6.07) is 4.96. The van der Waals surface area contributed by atoms with Gasteiger partial charge in [-0.2, -0.15) is 5.26 Å².